The van der Waals surface area contributed by atoms with E-state index in [1.54, 1.807) is 31.6 Å². The molecule has 3 aromatic rings. The maximum Gasteiger partial charge on any atom is 0.221 e. The first-order valence-corrected chi connectivity index (χ1v) is 8.72. The molecular formula is C21H23N3O3. The highest BCUT2D eigenvalue weighted by Crippen LogP contribution is 2.38. The summed E-state index contributed by atoms with van der Waals surface area (Å²) in [7, 11) is 1.58. The summed E-state index contributed by atoms with van der Waals surface area (Å²) in [5.41, 5.74) is 8.20. The van der Waals surface area contributed by atoms with Gasteiger partial charge in [0.05, 0.1) is 19.9 Å². The van der Waals surface area contributed by atoms with Crippen LogP contribution >= 0.6 is 0 Å². The SMILES string of the molecule is COc1ncccc1-c1cc(N)ccc1Oc1ccc(OCC(C)C)nc1. The summed E-state index contributed by atoms with van der Waals surface area (Å²) in [5.74, 6) is 2.74. The van der Waals surface area contributed by atoms with E-state index in [9.17, 15) is 0 Å². The van der Waals surface area contributed by atoms with Crippen molar-refractivity contribution in [2.45, 2.75) is 13.8 Å². The summed E-state index contributed by atoms with van der Waals surface area (Å²) in [6.45, 7) is 4.80. The van der Waals surface area contributed by atoms with E-state index in [4.69, 9.17) is 19.9 Å². The molecule has 6 nitrogen and oxygen atoms in total. The second kappa shape index (κ2) is 8.40. The minimum absolute atomic E-state index is 0.439. The zero-order valence-corrected chi connectivity index (χ0v) is 15.7. The molecule has 6 heteroatoms. The Bertz CT molecular complexity index is 895. The first-order chi connectivity index (χ1) is 13.1. The maximum absolute atomic E-state index is 6.04. The van der Waals surface area contributed by atoms with Crippen LogP contribution in [0.5, 0.6) is 23.3 Å². The second-order valence-electron chi connectivity index (χ2n) is 6.45. The first-order valence-electron chi connectivity index (χ1n) is 8.72. The molecule has 0 saturated heterocycles. The highest BCUT2D eigenvalue weighted by Gasteiger charge is 2.14. The third-order valence-electron chi connectivity index (χ3n) is 3.76. The topological polar surface area (TPSA) is 79.5 Å². The van der Waals surface area contributed by atoms with Gasteiger partial charge in [-0.15, -0.1) is 0 Å². The van der Waals surface area contributed by atoms with E-state index in [-0.39, 0.29) is 0 Å². The Morgan fingerprint density at radius 1 is 1.04 bits per heavy atom. The van der Waals surface area contributed by atoms with Gasteiger partial charge in [0.15, 0.2) is 0 Å². The van der Waals surface area contributed by atoms with Gasteiger partial charge in [-0.1, -0.05) is 13.8 Å². The number of rotatable bonds is 7. The zero-order chi connectivity index (χ0) is 19.2. The molecule has 0 atom stereocenters. The monoisotopic (exact) mass is 365 g/mol. The van der Waals surface area contributed by atoms with Crippen LogP contribution < -0.4 is 19.9 Å². The number of ether oxygens (including phenoxy) is 3. The molecule has 0 fully saturated rings. The molecule has 140 valence electrons. The van der Waals surface area contributed by atoms with Crippen molar-refractivity contribution < 1.29 is 14.2 Å². The molecule has 0 amide bonds. The Balaban J connectivity index is 1.87. The third-order valence-corrected chi connectivity index (χ3v) is 3.76. The molecule has 2 N–H and O–H groups in total. The van der Waals surface area contributed by atoms with Crippen LogP contribution in [0.1, 0.15) is 13.8 Å². The number of hydrogen-bond acceptors (Lipinski definition) is 6. The quantitative estimate of drug-likeness (QED) is 0.618. The smallest absolute Gasteiger partial charge is 0.221 e. The van der Waals surface area contributed by atoms with Crippen LogP contribution in [0, 0.1) is 5.92 Å². The number of pyridine rings is 2. The normalized spacial score (nSPS) is 10.7. The number of hydrogen-bond donors (Lipinski definition) is 1. The average molecular weight is 365 g/mol. The lowest BCUT2D eigenvalue weighted by atomic mass is 10.1. The van der Waals surface area contributed by atoms with Gasteiger partial charge < -0.3 is 19.9 Å². The van der Waals surface area contributed by atoms with Crippen molar-refractivity contribution in [1.29, 1.82) is 0 Å². The average Bonchev–Trinajstić information content (AvgIpc) is 2.68. The molecule has 0 radical (unpaired) electrons. The molecule has 3 rings (SSSR count). The lowest BCUT2D eigenvalue weighted by Crippen LogP contribution is -2.05. The van der Waals surface area contributed by atoms with Crippen molar-refractivity contribution in [2.24, 2.45) is 5.92 Å². The molecule has 0 aliphatic rings. The predicted molar refractivity (Wildman–Crippen MR) is 105 cm³/mol. The van der Waals surface area contributed by atoms with Gasteiger partial charge in [-0.2, -0.15) is 0 Å². The third kappa shape index (κ3) is 4.67. The molecule has 27 heavy (non-hydrogen) atoms. The van der Waals surface area contributed by atoms with Crippen molar-refractivity contribution in [2.75, 3.05) is 19.5 Å². The summed E-state index contributed by atoms with van der Waals surface area (Å²) >= 11 is 0. The van der Waals surface area contributed by atoms with Gasteiger partial charge in [-0.25, -0.2) is 9.97 Å². The molecule has 0 saturated carbocycles. The van der Waals surface area contributed by atoms with Crippen LogP contribution in [-0.2, 0) is 0 Å². The molecule has 0 aliphatic carbocycles. The molecule has 0 unspecified atom stereocenters. The Kier molecular flexibility index (Phi) is 5.76. The summed E-state index contributed by atoms with van der Waals surface area (Å²) in [5, 5.41) is 0. The van der Waals surface area contributed by atoms with Crippen LogP contribution in [-0.4, -0.2) is 23.7 Å². The van der Waals surface area contributed by atoms with Crippen LogP contribution in [0.3, 0.4) is 0 Å². The van der Waals surface area contributed by atoms with Crippen LogP contribution in [0.25, 0.3) is 11.1 Å². The van der Waals surface area contributed by atoms with Gasteiger partial charge in [0.2, 0.25) is 11.8 Å². The van der Waals surface area contributed by atoms with E-state index in [1.807, 2.05) is 30.3 Å². The summed E-state index contributed by atoms with van der Waals surface area (Å²) in [6, 6.07) is 12.8. The lowest BCUT2D eigenvalue weighted by Gasteiger charge is -2.14. The zero-order valence-electron chi connectivity index (χ0n) is 15.7. The minimum atomic E-state index is 0.439. The van der Waals surface area contributed by atoms with Crippen molar-refractivity contribution in [1.82, 2.24) is 9.97 Å². The number of aromatic nitrogens is 2. The van der Waals surface area contributed by atoms with Gasteiger partial charge in [0.1, 0.15) is 11.5 Å². The van der Waals surface area contributed by atoms with E-state index >= 15 is 0 Å². The molecule has 1 aromatic carbocycles. The lowest BCUT2D eigenvalue weighted by molar-refractivity contribution is 0.261. The largest absolute Gasteiger partial charge is 0.481 e. The number of benzene rings is 1. The standard InChI is InChI=1S/C21H23N3O3/c1-14(2)13-26-20-9-7-16(12-24-20)27-19-8-6-15(22)11-18(19)17-5-4-10-23-21(17)25-3/h4-12,14H,13,22H2,1-3H3. The van der Waals surface area contributed by atoms with Gasteiger partial charge in [0.25, 0.3) is 0 Å². The fourth-order valence-corrected chi connectivity index (χ4v) is 2.50. The van der Waals surface area contributed by atoms with E-state index in [0.29, 0.717) is 41.5 Å². The van der Waals surface area contributed by atoms with Crippen LogP contribution in [0.15, 0.2) is 54.9 Å². The summed E-state index contributed by atoms with van der Waals surface area (Å²) in [6.07, 6.45) is 3.31. The fourth-order valence-electron chi connectivity index (χ4n) is 2.50. The van der Waals surface area contributed by atoms with Crippen molar-refractivity contribution in [3.8, 4) is 34.4 Å². The van der Waals surface area contributed by atoms with Gasteiger partial charge >= 0.3 is 0 Å². The summed E-state index contributed by atoms with van der Waals surface area (Å²) in [4.78, 5) is 8.54. The van der Waals surface area contributed by atoms with Crippen LogP contribution in [0.2, 0.25) is 0 Å². The van der Waals surface area contributed by atoms with E-state index < -0.39 is 0 Å². The molecule has 0 aliphatic heterocycles. The fraction of sp³-hybridized carbons (Fsp3) is 0.238. The maximum atomic E-state index is 6.04. The molecule has 2 aromatic heterocycles. The Hall–Kier alpha value is -3.28. The molecule has 2 heterocycles. The number of nitrogens with zero attached hydrogens (tertiary/aromatic N) is 2. The first kappa shape index (κ1) is 18.5. The number of methoxy groups -OCH3 is 1. The van der Waals surface area contributed by atoms with Crippen LogP contribution in [0.4, 0.5) is 5.69 Å². The Morgan fingerprint density at radius 3 is 2.59 bits per heavy atom. The van der Waals surface area contributed by atoms with Gasteiger partial charge in [-0.3, -0.25) is 0 Å². The van der Waals surface area contributed by atoms with Crippen molar-refractivity contribution in [3.63, 3.8) is 0 Å². The molecular weight excluding hydrogens is 342 g/mol. The minimum Gasteiger partial charge on any atom is -0.481 e. The second-order valence-corrected chi connectivity index (χ2v) is 6.45. The van der Waals surface area contributed by atoms with Crippen molar-refractivity contribution in [3.05, 3.63) is 54.9 Å². The van der Waals surface area contributed by atoms with E-state index in [0.717, 1.165) is 11.1 Å². The summed E-state index contributed by atoms with van der Waals surface area (Å²) < 4.78 is 17.0. The molecule has 0 bridgehead atoms. The van der Waals surface area contributed by atoms with E-state index in [2.05, 4.69) is 23.8 Å². The molecule has 0 spiro atoms. The number of nitrogen functional groups attached to an aromatic ring is 1. The highest BCUT2D eigenvalue weighted by molar-refractivity contribution is 5.77. The highest BCUT2D eigenvalue weighted by atomic mass is 16.5. The van der Waals surface area contributed by atoms with E-state index in [1.165, 1.54) is 0 Å². The number of anilines is 1. The Morgan fingerprint density at radius 2 is 1.89 bits per heavy atom. The number of nitrogens with two attached hydrogens (primary N) is 1. The van der Waals surface area contributed by atoms with Crippen molar-refractivity contribution >= 4 is 5.69 Å². The van der Waals surface area contributed by atoms with Gasteiger partial charge in [-0.05, 0) is 42.3 Å². The predicted octanol–water partition coefficient (Wildman–Crippen LogP) is 4.56. The van der Waals surface area contributed by atoms with Gasteiger partial charge in [0, 0.05) is 29.1 Å². The Labute approximate surface area is 158 Å².